The molecule has 2 rings (SSSR count). The Bertz CT molecular complexity index is 444. The Balaban J connectivity index is 1.90. The Morgan fingerprint density at radius 1 is 1.26 bits per heavy atom. The number of hydrogen-bond acceptors (Lipinski definition) is 1. The van der Waals surface area contributed by atoms with Crippen molar-refractivity contribution in [3.8, 4) is 0 Å². The molecule has 1 aliphatic rings. The molecule has 104 valence electrons. The maximum atomic E-state index is 12.0. The van der Waals surface area contributed by atoms with E-state index in [2.05, 4.69) is 24.5 Å². The first-order chi connectivity index (χ1) is 9.06. The molecule has 3 nitrogen and oxygen atoms in total. The molecule has 3 atom stereocenters. The number of amides is 2. The van der Waals surface area contributed by atoms with Gasteiger partial charge < -0.3 is 10.6 Å². The number of rotatable bonds is 2. The van der Waals surface area contributed by atoms with E-state index in [4.69, 9.17) is 0 Å². The fraction of sp³-hybridized carbons (Fsp3) is 0.562. The second kappa shape index (κ2) is 6.09. The van der Waals surface area contributed by atoms with Crippen LogP contribution in [0.1, 0.15) is 38.7 Å². The summed E-state index contributed by atoms with van der Waals surface area (Å²) in [5.41, 5.74) is 2.01. The summed E-state index contributed by atoms with van der Waals surface area (Å²) in [6, 6.07) is 8.08. The van der Waals surface area contributed by atoms with Crippen molar-refractivity contribution in [3.63, 3.8) is 0 Å². The number of carbonyl (C=O) groups is 1. The third-order valence-electron chi connectivity index (χ3n) is 4.30. The summed E-state index contributed by atoms with van der Waals surface area (Å²) in [5, 5.41) is 6.03. The Morgan fingerprint density at radius 2 is 2.05 bits per heavy atom. The number of nitrogens with one attached hydrogen (secondary N) is 2. The van der Waals surface area contributed by atoms with E-state index in [-0.39, 0.29) is 6.03 Å². The molecule has 0 aliphatic heterocycles. The smallest absolute Gasteiger partial charge is 0.319 e. The van der Waals surface area contributed by atoms with Gasteiger partial charge in [0.2, 0.25) is 0 Å². The highest BCUT2D eigenvalue weighted by molar-refractivity contribution is 5.89. The van der Waals surface area contributed by atoms with Gasteiger partial charge in [0.25, 0.3) is 0 Å². The van der Waals surface area contributed by atoms with Crippen LogP contribution in [0.2, 0.25) is 0 Å². The maximum Gasteiger partial charge on any atom is 0.319 e. The first kappa shape index (κ1) is 13.9. The van der Waals surface area contributed by atoms with Crippen LogP contribution in [0.4, 0.5) is 10.5 Å². The molecule has 1 fully saturated rings. The van der Waals surface area contributed by atoms with Crippen LogP contribution < -0.4 is 10.6 Å². The fourth-order valence-electron chi connectivity index (χ4n) is 2.84. The number of urea groups is 1. The van der Waals surface area contributed by atoms with Crippen molar-refractivity contribution < 1.29 is 4.79 Å². The van der Waals surface area contributed by atoms with E-state index < -0.39 is 0 Å². The van der Waals surface area contributed by atoms with Crippen LogP contribution in [0.5, 0.6) is 0 Å². The molecule has 0 saturated heterocycles. The molecule has 0 radical (unpaired) electrons. The number of hydrogen-bond donors (Lipinski definition) is 2. The summed E-state index contributed by atoms with van der Waals surface area (Å²) >= 11 is 0. The predicted molar refractivity (Wildman–Crippen MR) is 79.3 cm³/mol. The van der Waals surface area contributed by atoms with E-state index >= 15 is 0 Å². The van der Waals surface area contributed by atoms with Gasteiger partial charge in [-0.2, -0.15) is 0 Å². The van der Waals surface area contributed by atoms with E-state index in [1.54, 1.807) is 0 Å². The van der Waals surface area contributed by atoms with E-state index in [9.17, 15) is 4.79 Å². The number of benzene rings is 1. The van der Waals surface area contributed by atoms with Crippen molar-refractivity contribution in [2.24, 2.45) is 11.8 Å². The lowest BCUT2D eigenvalue weighted by Crippen LogP contribution is -2.45. The van der Waals surface area contributed by atoms with Gasteiger partial charge in [-0.25, -0.2) is 4.79 Å². The van der Waals surface area contributed by atoms with Crippen LogP contribution in [0.3, 0.4) is 0 Å². The third kappa shape index (κ3) is 3.72. The lowest BCUT2D eigenvalue weighted by Gasteiger charge is -2.34. The van der Waals surface area contributed by atoms with Gasteiger partial charge in [0.05, 0.1) is 0 Å². The summed E-state index contributed by atoms with van der Waals surface area (Å²) in [7, 11) is 0. The van der Waals surface area contributed by atoms with Crippen LogP contribution in [-0.4, -0.2) is 12.1 Å². The molecule has 1 saturated carbocycles. The molecule has 0 heterocycles. The Hall–Kier alpha value is -1.51. The highest BCUT2D eigenvalue weighted by Gasteiger charge is 2.28. The molecule has 0 aromatic heterocycles. The normalized spacial score (nSPS) is 26.8. The molecule has 0 spiro atoms. The maximum absolute atomic E-state index is 12.0. The zero-order chi connectivity index (χ0) is 13.8. The Morgan fingerprint density at radius 3 is 2.79 bits per heavy atom. The van der Waals surface area contributed by atoms with Crippen molar-refractivity contribution in [1.82, 2.24) is 5.32 Å². The molecule has 1 aromatic carbocycles. The van der Waals surface area contributed by atoms with Gasteiger partial charge in [0.15, 0.2) is 0 Å². The van der Waals surface area contributed by atoms with Crippen molar-refractivity contribution in [1.29, 1.82) is 0 Å². The number of anilines is 1. The van der Waals surface area contributed by atoms with E-state index in [0.717, 1.165) is 17.7 Å². The second-order valence-corrected chi connectivity index (χ2v) is 5.84. The Labute approximate surface area is 115 Å². The van der Waals surface area contributed by atoms with Crippen LogP contribution in [0.15, 0.2) is 24.3 Å². The molecule has 3 unspecified atom stereocenters. The minimum absolute atomic E-state index is 0.0865. The fourth-order valence-corrected chi connectivity index (χ4v) is 2.84. The third-order valence-corrected chi connectivity index (χ3v) is 4.30. The molecule has 2 N–H and O–H groups in total. The first-order valence-electron chi connectivity index (χ1n) is 7.20. The summed E-state index contributed by atoms with van der Waals surface area (Å²) in [6.45, 7) is 6.53. The lowest BCUT2D eigenvalue weighted by atomic mass is 9.78. The summed E-state index contributed by atoms with van der Waals surface area (Å²) in [6.07, 6.45) is 3.58. The SMILES string of the molecule is Cc1cccc(NC(=O)NC2CCCC(C)C2C)c1. The average molecular weight is 260 g/mol. The van der Waals surface area contributed by atoms with Gasteiger partial charge in [-0.1, -0.05) is 38.8 Å². The molecular weight excluding hydrogens is 236 g/mol. The van der Waals surface area contributed by atoms with Crippen LogP contribution in [-0.2, 0) is 0 Å². The highest BCUT2D eigenvalue weighted by atomic mass is 16.2. The zero-order valence-electron chi connectivity index (χ0n) is 12.1. The summed E-state index contributed by atoms with van der Waals surface area (Å²) < 4.78 is 0. The van der Waals surface area contributed by atoms with Crippen LogP contribution >= 0.6 is 0 Å². The zero-order valence-corrected chi connectivity index (χ0v) is 12.1. The van der Waals surface area contributed by atoms with Gasteiger partial charge >= 0.3 is 6.03 Å². The van der Waals surface area contributed by atoms with Gasteiger partial charge in [-0.3, -0.25) is 0 Å². The van der Waals surface area contributed by atoms with E-state index in [1.807, 2.05) is 31.2 Å². The topological polar surface area (TPSA) is 41.1 Å². The number of aryl methyl sites for hydroxylation is 1. The monoisotopic (exact) mass is 260 g/mol. The van der Waals surface area contributed by atoms with Gasteiger partial charge in [-0.05, 0) is 42.9 Å². The quantitative estimate of drug-likeness (QED) is 0.830. The van der Waals surface area contributed by atoms with Crippen molar-refractivity contribution in [3.05, 3.63) is 29.8 Å². The largest absolute Gasteiger partial charge is 0.335 e. The van der Waals surface area contributed by atoms with E-state index in [0.29, 0.717) is 17.9 Å². The molecule has 2 amide bonds. The number of carbonyl (C=O) groups excluding carboxylic acids is 1. The van der Waals surface area contributed by atoms with Crippen LogP contribution in [0, 0.1) is 18.8 Å². The second-order valence-electron chi connectivity index (χ2n) is 5.84. The summed E-state index contributed by atoms with van der Waals surface area (Å²) in [4.78, 5) is 12.0. The standard InChI is InChI=1S/C16H24N2O/c1-11-6-4-8-14(10-11)17-16(19)18-15-9-5-7-12(2)13(15)3/h4,6,8,10,12-13,15H,5,7,9H2,1-3H3,(H2,17,18,19). The van der Waals surface area contributed by atoms with Crippen molar-refractivity contribution in [2.75, 3.05) is 5.32 Å². The molecule has 3 heteroatoms. The van der Waals surface area contributed by atoms with Gasteiger partial charge in [-0.15, -0.1) is 0 Å². The highest BCUT2D eigenvalue weighted by Crippen LogP contribution is 2.29. The van der Waals surface area contributed by atoms with E-state index in [1.165, 1.54) is 12.8 Å². The lowest BCUT2D eigenvalue weighted by molar-refractivity contribution is 0.201. The minimum atomic E-state index is -0.0865. The predicted octanol–water partition coefficient (Wildman–Crippen LogP) is 3.94. The molecular formula is C16H24N2O. The van der Waals surface area contributed by atoms with Gasteiger partial charge in [0.1, 0.15) is 0 Å². The van der Waals surface area contributed by atoms with Gasteiger partial charge in [0, 0.05) is 11.7 Å². The van der Waals surface area contributed by atoms with Crippen LogP contribution in [0.25, 0.3) is 0 Å². The molecule has 0 bridgehead atoms. The molecule has 1 aliphatic carbocycles. The minimum Gasteiger partial charge on any atom is -0.335 e. The molecule has 19 heavy (non-hydrogen) atoms. The first-order valence-corrected chi connectivity index (χ1v) is 7.20. The average Bonchev–Trinajstić information content (AvgIpc) is 2.35. The van der Waals surface area contributed by atoms with Crippen molar-refractivity contribution in [2.45, 2.75) is 46.1 Å². The van der Waals surface area contributed by atoms with Crippen molar-refractivity contribution >= 4 is 11.7 Å². The Kier molecular flexibility index (Phi) is 4.46. The summed E-state index contributed by atoms with van der Waals surface area (Å²) in [5.74, 6) is 1.25. The molecule has 1 aromatic rings.